The molecule has 5 nitrogen and oxygen atoms in total. The molecule has 0 atom stereocenters. The van der Waals surface area contributed by atoms with Crippen molar-refractivity contribution in [1.82, 2.24) is 9.71 Å². The molecule has 0 aliphatic heterocycles. The summed E-state index contributed by atoms with van der Waals surface area (Å²) in [7, 11) is -3.59. The number of benzene rings is 1. The molecule has 0 saturated carbocycles. The van der Waals surface area contributed by atoms with Gasteiger partial charge in [0.25, 0.3) is 0 Å². The standard InChI is InChI=1S/C14H16N2O3S/c1-11-5-6-13(8-15-11)9-16-20(18,19)14-4-2-3-12(7-14)10-17/h2-8,16-17H,9-10H2,1H3. The Hall–Kier alpha value is -1.76. The lowest BCUT2D eigenvalue weighted by Gasteiger charge is -2.08. The number of pyridine rings is 1. The van der Waals surface area contributed by atoms with E-state index in [1.54, 1.807) is 18.3 Å². The average molecular weight is 292 g/mol. The van der Waals surface area contributed by atoms with Crippen molar-refractivity contribution in [2.75, 3.05) is 0 Å². The lowest BCUT2D eigenvalue weighted by atomic mass is 10.2. The van der Waals surface area contributed by atoms with Crippen molar-refractivity contribution in [2.24, 2.45) is 0 Å². The first kappa shape index (κ1) is 14.6. The van der Waals surface area contributed by atoms with Crippen LogP contribution in [-0.4, -0.2) is 18.5 Å². The van der Waals surface area contributed by atoms with Gasteiger partial charge >= 0.3 is 0 Å². The highest BCUT2D eigenvalue weighted by atomic mass is 32.2. The van der Waals surface area contributed by atoms with Crippen LogP contribution in [0.3, 0.4) is 0 Å². The first-order chi connectivity index (χ1) is 9.51. The van der Waals surface area contributed by atoms with E-state index < -0.39 is 10.0 Å². The van der Waals surface area contributed by atoms with Crippen LogP contribution >= 0.6 is 0 Å². The Morgan fingerprint density at radius 1 is 1.20 bits per heavy atom. The zero-order chi connectivity index (χ0) is 14.6. The second kappa shape index (κ2) is 6.13. The molecule has 0 aliphatic carbocycles. The lowest BCUT2D eigenvalue weighted by Crippen LogP contribution is -2.23. The van der Waals surface area contributed by atoms with Crippen molar-refractivity contribution in [3.63, 3.8) is 0 Å². The van der Waals surface area contributed by atoms with Gasteiger partial charge in [-0.3, -0.25) is 4.98 Å². The van der Waals surface area contributed by atoms with Crippen molar-refractivity contribution in [3.8, 4) is 0 Å². The van der Waals surface area contributed by atoms with E-state index in [1.807, 2.05) is 19.1 Å². The van der Waals surface area contributed by atoms with E-state index in [2.05, 4.69) is 9.71 Å². The van der Waals surface area contributed by atoms with E-state index >= 15 is 0 Å². The Balaban J connectivity index is 2.12. The van der Waals surface area contributed by atoms with Crippen LogP contribution in [0.2, 0.25) is 0 Å². The van der Waals surface area contributed by atoms with Crippen molar-refractivity contribution >= 4 is 10.0 Å². The molecule has 106 valence electrons. The highest BCUT2D eigenvalue weighted by Gasteiger charge is 2.13. The smallest absolute Gasteiger partial charge is 0.240 e. The average Bonchev–Trinajstić information content (AvgIpc) is 2.47. The summed E-state index contributed by atoms with van der Waals surface area (Å²) in [5, 5.41) is 9.04. The number of aromatic nitrogens is 1. The largest absolute Gasteiger partial charge is 0.392 e. The topological polar surface area (TPSA) is 79.3 Å². The molecule has 6 heteroatoms. The summed E-state index contributed by atoms with van der Waals surface area (Å²) in [4.78, 5) is 4.25. The van der Waals surface area contributed by atoms with Gasteiger partial charge in [0.1, 0.15) is 0 Å². The number of nitrogens with zero attached hydrogens (tertiary/aromatic N) is 1. The molecule has 0 amide bonds. The number of aliphatic hydroxyl groups is 1. The lowest BCUT2D eigenvalue weighted by molar-refractivity contribution is 0.281. The molecule has 2 rings (SSSR count). The fraction of sp³-hybridized carbons (Fsp3) is 0.214. The van der Waals surface area contributed by atoms with Gasteiger partial charge in [-0.1, -0.05) is 18.2 Å². The molecule has 0 unspecified atom stereocenters. The van der Waals surface area contributed by atoms with Crippen LogP contribution in [0, 0.1) is 6.92 Å². The Kier molecular flexibility index (Phi) is 4.49. The zero-order valence-electron chi connectivity index (χ0n) is 11.1. The number of hydrogen-bond donors (Lipinski definition) is 2. The maximum atomic E-state index is 12.1. The summed E-state index contributed by atoms with van der Waals surface area (Å²) >= 11 is 0. The molecule has 2 aromatic rings. The first-order valence-electron chi connectivity index (χ1n) is 6.12. The van der Waals surface area contributed by atoms with Gasteiger partial charge in [0.15, 0.2) is 0 Å². The molecule has 0 spiro atoms. The van der Waals surface area contributed by atoms with Gasteiger partial charge in [-0.15, -0.1) is 0 Å². The Morgan fingerprint density at radius 2 is 2.00 bits per heavy atom. The Morgan fingerprint density at radius 3 is 2.65 bits per heavy atom. The van der Waals surface area contributed by atoms with E-state index in [0.29, 0.717) is 5.56 Å². The van der Waals surface area contributed by atoms with E-state index in [0.717, 1.165) is 11.3 Å². The number of nitrogens with one attached hydrogen (secondary N) is 1. The van der Waals surface area contributed by atoms with Gasteiger partial charge in [0.05, 0.1) is 11.5 Å². The molecule has 0 fully saturated rings. The molecule has 0 radical (unpaired) electrons. The number of rotatable bonds is 5. The van der Waals surface area contributed by atoms with E-state index in [9.17, 15) is 8.42 Å². The third-order valence-corrected chi connectivity index (χ3v) is 4.23. The fourth-order valence-electron chi connectivity index (χ4n) is 1.68. The Labute approximate surface area is 118 Å². The number of sulfonamides is 1. The Bertz CT molecular complexity index is 682. The minimum Gasteiger partial charge on any atom is -0.392 e. The minimum atomic E-state index is -3.59. The summed E-state index contributed by atoms with van der Waals surface area (Å²) < 4.78 is 26.8. The summed E-state index contributed by atoms with van der Waals surface area (Å²) in [6.45, 7) is 1.86. The number of hydrogen-bond acceptors (Lipinski definition) is 4. The quantitative estimate of drug-likeness (QED) is 0.872. The van der Waals surface area contributed by atoms with Crippen molar-refractivity contribution < 1.29 is 13.5 Å². The van der Waals surface area contributed by atoms with Gasteiger partial charge in [-0.05, 0) is 36.2 Å². The zero-order valence-corrected chi connectivity index (χ0v) is 11.9. The van der Waals surface area contributed by atoms with E-state index in [1.165, 1.54) is 12.1 Å². The van der Waals surface area contributed by atoms with Gasteiger partial charge in [0, 0.05) is 18.4 Å². The first-order valence-corrected chi connectivity index (χ1v) is 7.60. The number of aryl methyl sites for hydroxylation is 1. The van der Waals surface area contributed by atoms with Crippen LogP contribution in [-0.2, 0) is 23.2 Å². The SMILES string of the molecule is Cc1ccc(CNS(=O)(=O)c2cccc(CO)c2)cn1. The molecular weight excluding hydrogens is 276 g/mol. The van der Waals surface area contributed by atoms with Crippen molar-refractivity contribution in [1.29, 1.82) is 0 Å². The molecule has 1 aromatic carbocycles. The molecule has 0 saturated heterocycles. The highest BCUT2D eigenvalue weighted by Crippen LogP contribution is 2.12. The fourth-order valence-corrected chi connectivity index (χ4v) is 2.76. The summed E-state index contributed by atoms with van der Waals surface area (Å²) in [6.07, 6.45) is 1.64. The maximum Gasteiger partial charge on any atom is 0.240 e. The van der Waals surface area contributed by atoms with Gasteiger partial charge < -0.3 is 5.11 Å². The van der Waals surface area contributed by atoms with Gasteiger partial charge in [0.2, 0.25) is 10.0 Å². The minimum absolute atomic E-state index is 0.143. The van der Waals surface area contributed by atoms with Crippen molar-refractivity contribution in [2.45, 2.75) is 25.0 Å². The third kappa shape index (κ3) is 3.63. The number of aliphatic hydroxyl groups excluding tert-OH is 1. The molecule has 0 bridgehead atoms. The highest BCUT2D eigenvalue weighted by molar-refractivity contribution is 7.89. The van der Waals surface area contributed by atoms with Crippen LogP contribution < -0.4 is 4.72 Å². The molecule has 1 aromatic heterocycles. The van der Waals surface area contributed by atoms with Crippen LogP contribution in [0.4, 0.5) is 0 Å². The predicted octanol–water partition coefficient (Wildman–Crippen LogP) is 1.36. The van der Waals surface area contributed by atoms with E-state index in [-0.39, 0.29) is 18.0 Å². The predicted molar refractivity (Wildman–Crippen MR) is 75.4 cm³/mol. The molecule has 20 heavy (non-hydrogen) atoms. The third-order valence-electron chi connectivity index (χ3n) is 2.83. The van der Waals surface area contributed by atoms with E-state index in [4.69, 9.17) is 5.11 Å². The molecular formula is C14H16N2O3S. The second-order valence-corrected chi connectivity index (χ2v) is 6.20. The maximum absolute atomic E-state index is 12.1. The van der Waals surface area contributed by atoms with Gasteiger partial charge in [-0.2, -0.15) is 0 Å². The molecule has 0 aliphatic rings. The normalized spacial score (nSPS) is 11.5. The van der Waals surface area contributed by atoms with Crippen LogP contribution in [0.25, 0.3) is 0 Å². The monoisotopic (exact) mass is 292 g/mol. The molecule has 2 N–H and O–H groups in total. The summed E-state index contributed by atoms with van der Waals surface area (Å²) in [5.74, 6) is 0. The summed E-state index contributed by atoms with van der Waals surface area (Å²) in [6, 6.07) is 9.88. The van der Waals surface area contributed by atoms with Crippen LogP contribution in [0.15, 0.2) is 47.5 Å². The second-order valence-electron chi connectivity index (χ2n) is 4.44. The van der Waals surface area contributed by atoms with Crippen LogP contribution in [0.5, 0.6) is 0 Å². The molecule has 1 heterocycles. The summed E-state index contributed by atoms with van der Waals surface area (Å²) in [5.41, 5.74) is 2.23. The van der Waals surface area contributed by atoms with Gasteiger partial charge in [-0.25, -0.2) is 13.1 Å². The van der Waals surface area contributed by atoms with Crippen LogP contribution in [0.1, 0.15) is 16.8 Å². The van der Waals surface area contributed by atoms with Crippen molar-refractivity contribution in [3.05, 3.63) is 59.4 Å².